The number of fused-ring (bicyclic) bond motifs is 1. The minimum absolute atomic E-state index is 0.0493. The first kappa shape index (κ1) is 23.6. The number of hydrogen-bond donors (Lipinski definition) is 2. The zero-order valence-electron chi connectivity index (χ0n) is 20.4. The number of aromatic nitrogens is 3. The Labute approximate surface area is 204 Å². The van der Waals surface area contributed by atoms with E-state index in [2.05, 4.69) is 15.3 Å². The molecular weight excluding hydrogens is 448 g/mol. The summed E-state index contributed by atoms with van der Waals surface area (Å²) in [4.78, 5) is 43.2. The Hall–Kier alpha value is -3.14. The van der Waals surface area contributed by atoms with Crippen molar-refractivity contribution in [1.82, 2.24) is 29.3 Å². The molecule has 3 fully saturated rings. The number of rotatable bonds is 7. The van der Waals surface area contributed by atoms with E-state index in [1.165, 1.54) is 40.6 Å². The molecular formula is C25H34N6O4. The summed E-state index contributed by atoms with van der Waals surface area (Å²) < 4.78 is 2.69. The first-order chi connectivity index (χ1) is 16.8. The minimum atomic E-state index is -0.585. The molecule has 2 aliphatic carbocycles. The fourth-order valence-electron chi connectivity index (χ4n) is 4.87. The molecule has 3 heterocycles. The van der Waals surface area contributed by atoms with E-state index in [1.54, 1.807) is 6.08 Å². The minimum Gasteiger partial charge on any atom is -0.492 e. The molecule has 0 atom stereocenters. The molecule has 2 amide bonds. The van der Waals surface area contributed by atoms with Gasteiger partial charge in [-0.3, -0.25) is 23.9 Å². The van der Waals surface area contributed by atoms with Gasteiger partial charge in [-0.15, -0.1) is 0 Å². The van der Waals surface area contributed by atoms with Crippen molar-refractivity contribution in [3.8, 4) is 5.88 Å². The van der Waals surface area contributed by atoms with Crippen LogP contribution in [0, 0.1) is 5.92 Å². The van der Waals surface area contributed by atoms with Gasteiger partial charge in [-0.05, 0) is 37.7 Å². The van der Waals surface area contributed by atoms with Gasteiger partial charge in [0.25, 0.3) is 11.5 Å². The van der Waals surface area contributed by atoms with Gasteiger partial charge in [0.2, 0.25) is 11.8 Å². The van der Waals surface area contributed by atoms with Crippen LogP contribution in [-0.2, 0) is 11.3 Å². The monoisotopic (exact) mass is 482 g/mol. The Morgan fingerprint density at radius 2 is 1.89 bits per heavy atom. The van der Waals surface area contributed by atoms with E-state index in [0.717, 1.165) is 25.9 Å². The summed E-state index contributed by atoms with van der Waals surface area (Å²) in [6.45, 7) is 7.48. The third kappa shape index (κ3) is 4.71. The molecule has 0 aromatic carbocycles. The Balaban J connectivity index is 1.41. The first-order valence-electron chi connectivity index (χ1n) is 12.7. The van der Waals surface area contributed by atoms with Crippen molar-refractivity contribution >= 4 is 23.5 Å². The van der Waals surface area contributed by atoms with Gasteiger partial charge in [-0.2, -0.15) is 9.61 Å². The molecule has 2 N–H and O–H groups in total. The summed E-state index contributed by atoms with van der Waals surface area (Å²) in [5, 5.41) is 17.8. The molecule has 188 valence electrons. The number of carbonyl (C=O) groups is 2. The lowest BCUT2D eigenvalue weighted by molar-refractivity contribution is -0.128. The number of hydrogen-bond acceptors (Lipinski definition) is 6. The molecule has 10 heteroatoms. The molecule has 1 aliphatic heterocycles. The molecule has 2 saturated carbocycles. The summed E-state index contributed by atoms with van der Waals surface area (Å²) in [7, 11) is 0. The Morgan fingerprint density at radius 1 is 1.17 bits per heavy atom. The number of aromatic hydroxyl groups is 1. The van der Waals surface area contributed by atoms with Crippen LogP contribution >= 0.6 is 0 Å². The average molecular weight is 483 g/mol. The van der Waals surface area contributed by atoms with Crippen molar-refractivity contribution in [3.63, 3.8) is 0 Å². The van der Waals surface area contributed by atoms with Crippen molar-refractivity contribution in [2.75, 3.05) is 26.2 Å². The molecule has 10 nitrogen and oxygen atoms in total. The third-order valence-corrected chi connectivity index (χ3v) is 7.22. The second-order valence-electron chi connectivity index (χ2n) is 10.4. The van der Waals surface area contributed by atoms with E-state index in [4.69, 9.17) is 0 Å². The molecule has 0 bridgehead atoms. The van der Waals surface area contributed by atoms with Crippen molar-refractivity contribution in [2.45, 2.75) is 64.6 Å². The van der Waals surface area contributed by atoms with Crippen LogP contribution in [0.5, 0.6) is 5.88 Å². The van der Waals surface area contributed by atoms with Crippen molar-refractivity contribution < 1.29 is 14.7 Å². The van der Waals surface area contributed by atoms with Gasteiger partial charge >= 0.3 is 0 Å². The van der Waals surface area contributed by atoms with Crippen LogP contribution in [0.25, 0.3) is 11.7 Å². The molecule has 2 aromatic rings. The summed E-state index contributed by atoms with van der Waals surface area (Å²) in [6.07, 6.45) is 10.2. The highest BCUT2D eigenvalue weighted by molar-refractivity contribution is 5.97. The number of carbonyl (C=O) groups excluding carboxylic acids is 2. The maximum absolute atomic E-state index is 13.3. The quantitative estimate of drug-likeness (QED) is 0.578. The maximum atomic E-state index is 13.3. The van der Waals surface area contributed by atoms with Crippen LogP contribution in [0.15, 0.2) is 17.1 Å². The first-order valence-corrected chi connectivity index (χ1v) is 12.7. The van der Waals surface area contributed by atoms with Gasteiger partial charge in [0, 0.05) is 56.4 Å². The van der Waals surface area contributed by atoms with Crippen LogP contribution in [0.1, 0.15) is 61.9 Å². The standard InChI is InChI=1S/C25H34N6O4/c1-16(2)15-30-23-17(6-9-20(32)29-12-10-28(11-13-29)19-4-3-5-19)14-26-31(23)25(35)21(24(30)34)22(33)27-18-7-8-18/h6,9,14,16,18-19,35H,3-5,7-8,10-13,15H2,1-2H3,(H,27,33)/b9-6+. The van der Waals surface area contributed by atoms with E-state index < -0.39 is 17.3 Å². The van der Waals surface area contributed by atoms with E-state index in [0.29, 0.717) is 36.9 Å². The Kier molecular flexibility index (Phi) is 6.39. The van der Waals surface area contributed by atoms with Gasteiger partial charge in [-0.1, -0.05) is 20.3 Å². The molecule has 0 unspecified atom stereocenters. The van der Waals surface area contributed by atoms with Crippen molar-refractivity contribution in [3.05, 3.63) is 33.8 Å². The number of nitrogens with one attached hydrogen (secondary N) is 1. The van der Waals surface area contributed by atoms with E-state index >= 15 is 0 Å². The summed E-state index contributed by atoms with van der Waals surface area (Å²) in [6, 6.07) is 0.733. The normalized spacial score (nSPS) is 19.6. The number of amides is 2. The van der Waals surface area contributed by atoms with Gasteiger partial charge < -0.3 is 15.3 Å². The lowest BCUT2D eigenvalue weighted by atomic mass is 9.91. The van der Waals surface area contributed by atoms with Crippen molar-refractivity contribution in [1.29, 1.82) is 0 Å². The fourth-order valence-corrected chi connectivity index (χ4v) is 4.87. The van der Waals surface area contributed by atoms with Crippen molar-refractivity contribution in [2.24, 2.45) is 5.92 Å². The molecule has 35 heavy (non-hydrogen) atoms. The van der Waals surface area contributed by atoms with E-state index in [-0.39, 0.29) is 23.4 Å². The molecule has 5 rings (SSSR count). The largest absolute Gasteiger partial charge is 0.492 e. The topological polar surface area (TPSA) is 112 Å². The summed E-state index contributed by atoms with van der Waals surface area (Å²) in [5.41, 5.74) is 0.0382. The van der Waals surface area contributed by atoms with E-state index in [9.17, 15) is 19.5 Å². The van der Waals surface area contributed by atoms with Crippen LogP contribution in [-0.4, -0.2) is 79.2 Å². The SMILES string of the molecule is CC(C)Cn1c(=O)c(C(=O)NC2CC2)c(O)n2ncc(/C=C/C(=O)N3CCN(C4CCC4)CC3)c12. The lowest BCUT2D eigenvalue weighted by Gasteiger charge is -2.42. The second kappa shape index (κ2) is 9.49. The molecule has 0 spiro atoms. The molecule has 0 radical (unpaired) electrons. The van der Waals surface area contributed by atoms with Crippen LogP contribution in [0.2, 0.25) is 0 Å². The van der Waals surface area contributed by atoms with Gasteiger partial charge in [0.05, 0.1) is 6.20 Å². The molecule has 1 saturated heterocycles. The van der Waals surface area contributed by atoms with E-state index in [1.807, 2.05) is 18.7 Å². The number of nitrogens with zero attached hydrogens (tertiary/aromatic N) is 5. The van der Waals surface area contributed by atoms with Crippen LogP contribution in [0.3, 0.4) is 0 Å². The number of piperazine rings is 1. The third-order valence-electron chi connectivity index (χ3n) is 7.22. The maximum Gasteiger partial charge on any atom is 0.270 e. The fraction of sp³-hybridized carbons (Fsp3) is 0.600. The van der Waals surface area contributed by atoms with Gasteiger partial charge in [-0.25, -0.2) is 0 Å². The lowest BCUT2D eigenvalue weighted by Crippen LogP contribution is -2.53. The summed E-state index contributed by atoms with van der Waals surface area (Å²) in [5.74, 6) is -1.04. The molecule has 2 aromatic heterocycles. The smallest absolute Gasteiger partial charge is 0.270 e. The van der Waals surface area contributed by atoms with Crippen LogP contribution in [0.4, 0.5) is 0 Å². The Morgan fingerprint density at radius 3 is 2.49 bits per heavy atom. The Bertz CT molecular complexity index is 1210. The average Bonchev–Trinajstić information content (AvgIpc) is 3.49. The van der Waals surface area contributed by atoms with Crippen LogP contribution < -0.4 is 10.9 Å². The highest BCUT2D eigenvalue weighted by Crippen LogP contribution is 2.26. The van der Waals surface area contributed by atoms with Gasteiger partial charge in [0.1, 0.15) is 5.65 Å². The second-order valence-corrected chi connectivity index (χ2v) is 10.4. The van der Waals surface area contributed by atoms with Gasteiger partial charge in [0.15, 0.2) is 5.56 Å². The predicted molar refractivity (Wildman–Crippen MR) is 131 cm³/mol. The summed E-state index contributed by atoms with van der Waals surface area (Å²) >= 11 is 0. The molecule has 3 aliphatic rings. The zero-order chi connectivity index (χ0) is 24.7. The highest BCUT2D eigenvalue weighted by atomic mass is 16.3. The predicted octanol–water partition coefficient (Wildman–Crippen LogP) is 1.46. The highest BCUT2D eigenvalue weighted by Gasteiger charge is 2.31. The zero-order valence-corrected chi connectivity index (χ0v) is 20.4.